The molecule has 3 heteroatoms. The molecule has 0 unspecified atom stereocenters. The van der Waals surface area contributed by atoms with Crippen LogP contribution in [0.2, 0.25) is 0 Å². The van der Waals surface area contributed by atoms with E-state index >= 15 is 0 Å². The molecule has 0 aromatic carbocycles. The minimum absolute atomic E-state index is 0.427. The molecule has 1 rings (SSSR count). The highest BCUT2D eigenvalue weighted by molar-refractivity contribution is 6.16. The molecule has 38 valence electrons. The molecule has 0 atom stereocenters. The summed E-state index contributed by atoms with van der Waals surface area (Å²) >= 11 is 5.35. The fraction of sp³-hybridized carbons (Fsp3) is 0.250. The van der Waals surface area contributed by atoms with Crippen molar-refractivity contribution in [3.8, 4) is 0 Å². The number of hydrogen-bond donors (Lipinski definition) is 0. The summed E-state index contributed by atoms with van der Waals surface area (Å²) in [6.45, 7) is 0. The molecule has 0 radical (unpaired) electrons. The number of nitrogens with zero attached hydrogens (tertiary/aromatic N) is 1. The van der Waals surface area contributed by atoms with Crippen LogP contribution in [0.3, 0.4) is 0 Å². The van der Waals surface area contributed by atoms with Crippen LogP contribution in [-0.2, 0) is 5.88 Å². The van der Waals surface area contributed by atoms with E-state index in [9.17, 15) is 0 Å². The molecule has 2 nitrogen and oxygen atoms in total. The van der Waals surface area contributed by atoms with E-state index in [-0.39, 0.29) is 0 Å². The summed E-state index contributed by atoms with van der Waals surface area (Å²) in [7, 11) is 0. The second-order valence-corrected chi connectivity index (χ2v) is 1.39. The van der Waals surface area contributed by atoms with Gasteiger partial charge < -0.3 is 4.52 Å². The van der Waals surface area contributed by atoms with Gasteiger partial charge in [-0.3, -0.25) is 0 Å². The molecule has 1 aromatic rings. The van der Waals surface area contributed by atoms with Gasteiger partial charge in [0, 0.05) is 6.07 Å². The largest absolute Gasteiger partial charge is 0.364 e. The van der Waals surface area contributed by atoms with Crippen molar-refractivity contribution in [3.63, 3.8) is 0 Å². The van der Waals surface area contributed by atoms with Gasteiger partial charge in [-0.25, -0.2) is 0 Å². The van der Waals surface area contributed by atoms with Crippen LogP contribution in [-0.4, -0.2) is 5.16 Å². The first-order valence-corrected chi connectivity index (χ1v) is 2.42. The van der Waals surface area contributed by atoms with E-state index in [4.69, 9.17) is 11.6 Å². The maximum absolute atomic E-state index is 5.35. The minimum atomic E-state index is 0.427. The fourth-order valence-electron chi connectivity index (χ4n) is 0.306. The predicted octanol–water partition coefficient (Wildman–Crippen LogP) is 1.41. The van der Waals surface area contributed by atoms with E-state index in [0.717, 1.165) is 5.69 Å². The Labute approximate surface area is 46.1 Å². The minimum Gasteiger partial charge on any atom is -0.364 e. The molecule has 0 N–H and O–H groups in total. The number of rotatable bonds is 1. The lowest BCUT2D eigenvalue weighted by Gasteiger charge is -1.72. The lowest BCUT2D eigenvalue weighted by Crippen LogP contribution is -1.70. The van der Waals surface area contributed by atoms with Crippen LogP contribution < -0.4 is 0 Å². The van der Waals surface area contributed by atoms with E-state index in [1.165, 1.54) is 6.26 Å². The number of hydrogen-bond acceptors (Lipinski definition) is 2. The van der Waals surface area contributed by atoms with Crippen LogP contribution in [0, 0.1) is 0 Å². The lowest BCUT2D eigenvalue weighted by atomic mass is 10.5. The van der Waals surface area contributed by atoms with Gasteiger partial charge >= 0.3 is 0 Å². The maximum Gasteiger partial charge on any atom is 0.124 e. The maximum atomic E-state index is 5.35. The van der Waals surface area contributed by atoms with Gasteiger partial charge in [0.2, 0.25) is 0 Å². The fourth-order valence-corrected chi connectivity index (χ4v) is 0.444. The predicted molar refractivity (Wildman–Crippen MR) is 26.1 cm³/mol. The third-order valence-corrected chi connectivity index (χ3v) is 0.902. The Kier molecular flexibility index (Phi) is 1.32. The molecule has 1 aromatic heterocycles. The van der Waals surface area contributed by atoms with E-state index in [1.54, 1.807) is 6.07 Å². The molecule has 0 aliphatic rings. The average Bonchev–Trinajstić information content (AvgIpc) is 2.14. The van der Waals surface area contributed by atoms with Crippen molar-refractivity contribution in [1.29, 1.82) is 0 Å². The quantitative estimate of drug-likeness (QED) is 0.520. The third-order valence-electron chi connectivity index (χ3n) is 0.628. The molecule has 0 aliphatic heterocycles. The van der Waals surface area contributed by atoms with Crippen LogP contribution in [0.15, 0.2) is 16.9 Å². The van der Waals surface area contributed by atoms with E-state index in [2.05, 4.69) is 9.68 Å². The molecule has 0 bridgehead atoms. The van der Waals surface area contributed by atoms with Crippen molar-refractivity contribution in [1.82, 2.24) is 5.16 Å². The van der Waals surface area contributed by atoms with E-state index < -0.39 is 0 Å². The standard InChI is InChI=1S/C4H4ClNO/c5-3-4-1-2-7-6-4/h1-2H,3H2. The third kappa shape index (κ3) is 0.933. The zero-order valence-electron chi connectivity index (χ0n) is 3.60. The first-order chi connectivity index (χ1) is 3.43. The average molecular weight is 118 g/mol. The number of aromatic nitrogens is 1. The second kappa shape index (κ2) is 1.98. The Hall–Kier alpha value is -0.500. The Balaban J connectivity index is 2.76. The van der Waals surface area contributed by atoms with Crippen molar-refractivity contribution < 1.29 is 4.52 Å². The highest BCUT2D eigenvalue weighted by Gasteiger charge is 1.87. The smallest absolute Gasteiger partial charge is 0.124 e. The zero-order chi connectivity index (χ0) is 5.11. The first kappa shape index (κ1) is 4.65. The van der Waals surface area contributed by atoms with Crippen LogP contribution in [0.4, 0.5) is 0 Å². The molecule has 0 aliphatic carbocycles. The Bertz CT molecular complexity index is 126. The normalized spacial score (nSPS) is 9.29. The lowest BCUT2D eigenvalue weighted by molar-refractivity contribution is 0.414. The van der Waals surface area contributed by atoms with Gasteiger partial charge in [-0.15, -0.1) is 11.6 Å². The van der Waals surface area contributed by atoms with Crippen LogP contribution >= 0.6 is 11.6 Å². The molecule has 7 heavy (non-hydrogen) atoms. The molecule has 0 amide bonds. The Morgan fingerprint density at radius 3 is 3.00 bits per heavy atom. The van der Waals surface area contributed by atoms with Crippen molar-refractivity contribution in [2.45, 2.75) is 5.88 Å². The van der Waals surface area contributed by atoms with Gasteiger partial charge in [-0.1, -0.05) is 5.16 Å². The van der Waals surface area contributed by atoms with Crippen molar-refractivity contribution in [3.05, 3.63) is 18.0 Å². The van der Waals surface area contributed by atoms with Gasteiger partial charge in [-0.2, -0.15) is 0 Å². The first-order valence-electron chi connectivity index (χ1n) is 1.88. The summed E-state index contributed by atoms with van der Waals surface area (Å²) in [6.07, 6.45) is 1.50. The summed E-state index contributed by atoms with van der Waals surface area (Å²) in [5, 5.41) is 3.53. The van der Waals surface area contributed by atoms with Gasteiger partial charge in [0.15, 0.2) is 0 Å². The van der Waals surface area contributed by atoms with Crippen LogP contribution in [0.25, 0.3) is 0 Å². The van der Waals surface area contributed by atoms with Crippen molar-refractivity contribution >= 4 is 11.6 Å². The molecule has 1 heterocycles. The SMILES string of the molecule is ClCc1ccon1. The second-order valence-electron chi connectivity index (χ2n) is 1.12. The van der Waals surface area contributed by atoms with Gasteiger partial charge in [-0.05, 0) is 0 Å². The highest BCUT2D eigenvalue weighted by Crippen LogP contribution is 1.96. The number of halogens is 1. The Morgan fingerprint density at radius 1 is 1.86 bits per heavy atom. The topological polar surface area (TPSA) is 26.0 Å². The molecular weight excluding hydrogens is 114 g/mol. The number of alkyl halides is 1. The molecular formula is C4H4ClNO. The van der Waals surface area contributed by atoms with Gasteiger partial charge in [0.05, 0.1) is 11.6 Å². The molecule has 0 saturated heterocycles. The van der Waals surface area contributed by atoms with Crippen LogP contribution in [0.5, 0.6) is 0 Å². The zero-order valence-corrected chi connectivity index (χ0v) is 4.35. The molecule has 0 spiro atoms. The summed E-state index contributed by atoms with van der Waals surface area (Å²) in [6, 6.07) is 1.73. The van der Waals surface area contributed by atoms with Gasteiger partial charge in [0.25, 0.3) is 0 Å². The van der Waals surface area contributed by atoms with Crippen molar-refractivity contribution in [2.24, 2.45) is 0 Å². The monoisotopic (exact) mass is 117 g/mol. The molecule has 0 saturated carbocycles. The Morgan fingerprint density at radius 2 is 2.71 bits per heavy atom. The summed E-state index contributed by atoms with van der Waals surface area (Å²) in [5.74, 6) is 0.427. The van der Waals surface area contributed by atoms with Gasteiger partial charge in [0.1, 0.15) is 6.26 Å². The van der Waals surface area contributed by atoms with Crippen molar-refractivity contribution in [2.75, 3.05) is 0 Å². The molecule has 0 fully saturated rings. The summed E-state index contributed by atoms with van der Waals surface area (Å²) in [4.78, 5) is 0. The van der Waals surface area contributed by atoms with Crippen LogP contribution in [0.1, 0.15) is 5.69 Å². The highest BCUT2D eigenvalue weighted by atomic mass is 35.5. The summed E-state index contributed by atoms with van der Waals surface area (Å²) in [5.41, 5.74) is 0.779. The van der Waals surface area contributed by atoms with E-state index in [1.807, 2.05) is 0 Å². The summed E-state index contributed by atoms with van der Waals surface area (Å²) < 4.78 is 4.47. The van der Waals surface area contributed by atoms with E-state index in [0.29, 0.717) is 5.88 Å².